The van der Waals surface area contributed by atoms with E-state index in [2.05, 4.69) is 4.99 Å². The van der Waals surface area contributed by atoms with E-state index in [-0.39, 0.29) is 17.2 Å². The van der Waals surface area contributed by atoms with E-state index in [0.717, 1.165) is 0 Å². The summed E-state index contributed by atoms with van der Waals surface area (Å²) in [6, 6.07) is 0. The molecule has 1 amide bonds. The molecule has 0 aromatic carbocycles. The zero-order valence-corrected chi connectivity index (χ0v) is 6.13. The fraction of sp³-hybridized carbons (Fsp3) is 0.167. The molecule has 1 rings (SSSR count). The summed E-state index contributed by atoms with van der Waals surface area (Å²) in [5.41, 5.74) is -0.372. The Morgan fingerprint density at radius 2 is 2.36 bits per heavy atom. The van der Waals surface area contributed by atoms with Crippen LogP contribution in [0.4, 0.5) is 0 Å². The summed E-state index contributed by atoms with van der Waals surface area (Å²) < 4.78 is 0. The summed E-state index contributed by atoms with van der Waals surface area (Å²) in [6.07, 6.45) is 1.41. The predicted molar refractivity (Wildman–Crippen MR) is 38.6 cm³/mol. The van der Waals surface area contributed by atoms with Crippen molar-refractivity contribution in [2.75, 3.05) is 0 Å². The van der Waals surface area contributed by atoms with Crippen LogP contribution in [0, 0.1) is 0 Å². The van der Waals surface area contributed by atoms with Gasteiger partial charge < -0.3 is 5.11 Å². The Labute approximate surface area is 67.2 Å². The molecular weight excluding hydrogens is 170 g/mol. The van der Waals surface area contributed by atoms with E-state index in [1.165, 1.54) is 6.08 Å². The number of nitrogens with zero attached hydrogens (tertiary/aromatic N) is 1. The Morgan fingerprint density at radius 1 is 1.73 bits per heavy atom. The van der Waals surface area contributed by atoms with Gasteiger partial charge in [0.15, 0.2) is 5.71 Å². The highest BCUT2D eigenvalue weighted by atomic mass is 35.5. The standard InChI is InChI=1S/C6H4ClNO3/c7-3-1-2-4(9)8-5(3)6(10)11/h1H,2H2,(H,10,11). The Bertz CT molecular complexity index is 280. The second kappa shape index (κ2) is 2.84. The van der Waals surface area contributed by atoms with Crippen molar-refractivity contribution >= 4 is 29.2 Å². The number of hydrogen-bond donors (Lipinski definition) is 1. The van der Waals surface area contributed by atoms with Gasteiger partial charge in [0.05, 0.1) is 5.03 Å². The summed E-state index contributed by atoms with van der Waals surface area (Å²) >= 11 is 5.44. The molecule has 0 saturated heterocycles. The van der Waals surface area contributed by atoms with Crippen molar-refractivity contribution < 1.29 is 14.7 Å². The van der Waals surface area contributed by atoms with E-state index >= 15 is 0 Å². The van der Waals surface area contributed by atoms with E-state index < -0.39 is 11.9 Å². The zero-order chi connectivity index (χ0) is 8.43. The molecule has 1 aliphatic heterocycles. The number of aliphatic imine (C=N–C) groups is 1. The SMILES string of the molecule is O=C1CC=C(Cl)C(C(=O)O)=N1. The first-order valence-electron chi connectivity index (χ1n) is 2.82. The molecule has 0 fully saturated rings. The summed E-state index contributed by atoms with van der Waals surface area (Å²) in [6.45, 7) is 0. The number of halogens is 1. The fourth-order valence-corrected chi connectivity index (χ4v) is 0.848. The maximum absolute atomic E-state index is 10.6. The van der Waals surface area contributed by atoms with E-state index in [1.54, 1.807) is 0 Å². The van der Waals surface area contributed by atoms with Crippen LogP contribution in [0.15, 0.2) is 16.1 Å². The van der Waals surface area contributed by atoms with Crippen molar-refractivity contribution in [2.45, 2.75) is 6.42 Å². The first-order valence-corrected chi connectivity index (χ1v) is 3.20. The minimum absolute atomic E-state index is 0.0251. The van der Waals surface area contributed by atoms with Gasteiger partial charge in [-0.2, -0.15) is 0 Å². The molecular formula is C6H4ClNO3. The van der Waals surface area contributed by atoms with Gasteiger partial charge in [-0.3, -0.25) is 4.79 Å². The third kappa shape index (κ3) is 1.65. The molecule has 0 unspecified atom stereocenters. The van der Waals surface area contributed by atoms with E-state index in [0.29, 0.717) is 0 Å². The molecule has 11 heavy (non-hydrogen) atoms. The van der Waals surface area contributed by atoms with Gasteiger partial charge in [-0.25, -0.2) is 9.79 Å². The fourth-order valence-electron chi connectivity index (χ4n) is 0.647. The molecule has 0 spiro atoms. The number of carboxylic acid groups (broad SMARTS) is 1. The molecule has 0 saturated carbocycles. The Kier molecular flexibility index (Phi) is 2.05. The Balaban J connectivity index is 2.99. The maximum Gasteiger partial charge on any atom is 0.356 e. The third-order valence-electron chi connectivity index (χ3n) is 1.12. The molecule has 0 atom stereocenters. The minimum Gasteiger partial charge on any atom is -0.476 e. The monoisotopic (exact) mass is 173 g/mol. The molecule has 0 aromatic heterocycles. The topological polar surface area (TPSA) is 66.7 Å². The second-order valence-electron chi connectivity index (χ2n) is 1.92. The van der Waals surface area contributed by atoms with Gasteiger partial charge in [-0.15, -0.1) is 0 Å². The first kappa shape index (κ1) is 7.94. The van der Waals surface area contributed by atoms with E-state index in [9.17, 15) is 9.59 Å². The number of amides is 1. The lowest BCUT2D eigenvalue weighted by Crippen LogP contribution is -2.18. The average molecular weight is 174 g/mol. The summed E-state index contributed by atoms with van der Waals surface area (Å²) in [7, 11) is 0. The number of carbonyl (C=O) groups is 2. The predicted octanol–water partition coefficient (Wildman–Crippen LogP) is 0.565. The number of rotatable bonds is 1. The molecule has 0 aliphatic carbocycles. The molecule has 4 nitrogen and oxygen atoms in total. The molecule has 1 heterocycles. The normalized spacial score (nSPS) is 17.4. The van der Waals surface area contributed by atoms with Crippen LogP contribution in [0.25, 0.3) is 0 Å². The van der Waals surface area contributed by atoms with Gasteiger partial charge in [0.1, 0.15) is 0 Å². The van der Waals surface area contributed by atoms with Crippen molar-refractivity contribution in [1.82, 2.24) is 0 Å². The summed E-state index contributed by atoms with van der Waals surface area (Å²) in [4.78, 5) is 24.1. The van der Waals surface area contributed by atoms with E-state index in [4.69, 9.17) is 16.7 Å². The van der Waals surface area contributed by atoms with Crippen LogP contribution in [-0.2, 0) is 9.59 Å². The van der Waals surface area contributed by atoms with Crippen molar-refractivity contribution in [3.05, 3.63) is 11.1 Å². The molecule has 0 bridgehead atoms. The Morgan fingerprint density at radius 3 is 2.82 bits per heavy atom. The highest BCUT2D eigenvalue weighted by molar-refractivity contribution is 6.59. The second-order valence-corrected chi connectivity index (χ2v) is 2.32. The van der Waals surface area contributed by atoms with Crippen LogP contribution in [0.5, 0.6) is 0 Å². The number of aliphatic carboxylic acids is 1. The largest absolute Gasteiger partial charge is 0.476 e. The third-order valence-corrected chi connectivity index (χ3v) is 1.45. The van der Waals surface area contributed by atoms with Gasteiger partial charge in [0, 0.05) is 6.42 Å². The lowest BCUT2D eigenvalue weighted by Gasteiger charge is -2.02. The van der Waals surface area contributed by atoms with E-state index in [1.807, 2.05) is 0 Å². The maximum atomic E-state index is 10.6. The van der Waals surface area contributed by atoms with Gasteiger partial charge in [-0.1, -0.05) is 17.7 Å². The molecule has 0 radical (unpaired) electrons. The zero-order valence-electron chi connectivity index (χ0n) is 5.37. The summed E-state index contributed by atoms with van der Waals surface area (Å²) in [5, 5.41) is 8.44. The van der Waals surface area contributed by atoms with Crippen molar-refractivity contribution in [2.24, 2.45) is 4.99 Å². The molecule has 1 aliphatic rings. The van der Waals surface area contributed by atoms with Crippen molar-refractivity contribution in [1.29, 1.82) is 0 Å². The van der Waals surface area contributed by atoms with Crippen LogP contribution in [0.2, 0.25) is 0 Å². The first-order chi connectivity index (χ1) is 5.11. The van der Waals surface area contributed by atoms with Crippen LogP contribution in [0.1, 0.15) is 6.42 Å². The van der Waals surface area contributed by atoms with Crippen LogP contribution in [-0.4, -0.2) is 22.7 Å². The highest BCUT2D eigenvalue weighted by Crippen LogP contribution is 2.12. The van der Waals surface area contributed by atoms with Gasteiger partial charge >= 0.3 is 5.97 Å². The lowest BCUT2D eigenvalue weighted by atomic mass is 10.2. The minimum atomic E-state index is -1.28. The lowest BCUT2D eigenvalue weighted by molar-refractivity contribution is -0.129. The van der Waals surface area contributed by atoms with Crippen molar-refractivity contribution in [3.63, 3.8) is 0 Å². The van der Waals surface area contributed by atoms with Crippen LogP contribution in [0.3, 0.4) is 0 Å². The molecule has 5 heteroatoms. The Hall–Kier alpha value is -1.16. The average Bonchev–Trinajstić information content (AvgIpc) is 1.94. The number of carboxylic acids is 1. The smallest absolute Gasteiger partial charge is 0.356 e. The highest BCUT2D eigenvalue weighted by Gasteiger charge is 2.19. The number of dihydropyridines is 1. The molecule has 1 N–H and O–H groups in total. The van der Waals surface area contributed by atoms with Gasteiger partial charge in [0.2, 0.25) is 5.91 Å². The van der Waals surface area contributed by atoms with Crippen LogP contribution >= 0.6 is 11.6 Å². The summed E-state index contributed by atoms with van der Waals surface area (Å²) in [5.74, 6) is -1.76. The van der Waals surface area contributed by atoms with Gasteiger partial charge in [-0.05, 0) is 0 Å². The molecule has 58 valence electrons. The van der Waals surface area contributed by atoms with Crippen molar-refractivity contribution in [3.8, 4) is 0 Å². The van der Waals surface area contributed by atoms with Gasteiger partial charge in [0.25, 0.3) is 0 Å². The number of hydrogen-bond acceptors (Lipinski definition) is 2. The molecule has 0 aromatic rings. The quantitative estimate of drug-likeness (QED) is 0.630. The number of carbonyl (C=O) groups excluding carboxylic acids is 1. The van der Waals surface area contributed by atoms with Crippen LogP contribution < -0.4 is 0 Å².